The van der Waals surface area contributed by atoms with Gasteiger partial charge in [-0.25, -0.2) is 4.39 Å². The predicted octanol–water partition coefficient (Wildman–Crippen LogP) is 1.80. The summed E-state index contributed by atoms with van der Waals surface area (Å²) in [7, 11) is 1.77. The zero-order valence-corrected chi connectivity index (χ0v) is 10.3. The van der Waals surface area contributed by atoms with Gasteiger partial charge in [0.15, 0.2) is 0 Å². The lowest BCUT2D eigenvalue weighted by Crippen LogP contribution is -2.23. The van der Waals surface area contributed by atoms with Crippen molar-refractivity contribution < 1.29 is 9.18 Å². The molecule has 2 rings (SSSR count). The lowest BCUT2D eigenvalue weighted by molar-refractivity contribution is 0.0945. The van der Waals surface area contributed by atoms with Crippen molar-refractivity contribution in [2.24, 2.45) is 7.05 Å². The number of amides is 1. The van der Waals surface area contributed by atoms with Crippen LogP contribution < -0.4 is 5.32 Å². The van der Waals surface area contributed by atoms with Gasteiger partial charge in [0.05, 0.1) is 0 Å². The molecule has 94 valence electrons. The minimum absolute atomic E-state index is 0.154. The number of aryl methyl sites for hydroxylation is 2. The van der Waals surface area contributed by atoms with Crippen molar-refractivity contribution >= 4 is 5.91 Å². The Morgan fingerprint density at radius 3 is 2.78 bits per heavy atom. The van der Waals surface area contributed by atoms with Crippen LogP contribution in [0.25, 0.3) is 0 Å². The van der Waals surface area contributed by atoms with Crippen LogP contribution in [0.4, 0.5) is 4.39 Å². The lowest BCUT2D eigenvalue weighted by atomic mass is 10.2. The van der Waals surface area contributed by atoms with Crippen molar-refractivity contribution in [3.8, 4) is 0 Å². The highest BCUT2D eigenvalue weighted by Crippen LogP contribution is 2.06. The van der Waals surface area contributed by atoms with E-state index in [9.17, 15) is 9.18 Å². The molecule has 18 heavy (non-hydrogen) atoms. The van der Waals surface area contributed by atoms with Crippen molar-refractivity contribution in [2.45, 2.75) is 13.5 Å². The molecule has 0 aliphatic heterocycles. The molecule has 1 amide bonds. The SMILES string of the molecule is Cc1cc(C(=O)NCc2ccccc2F)nn1C. The summed E-state index contributed by atoms with van der Waals surface area (Å²) in [5.41, 5.74) is 1.69. The lowest BCUT2D eigenvalue weighted by Gasteiger charge is -2.04. The fraction of sp³-hybridized carbons (Fsp3) is 0.231. The van der Waals surface area contributed by atoms with Crippen LogP contribution in [0.2, 0.25) is 0 Å². The minimum atomic E-state index is -0.324. The number of hydrogen-bond acceptors (Lipinski definition) is 2. The Morgan fingerprint density at radius 1 is 1.44 bits per heavy atom. The predicted molar refractivity (Wildman–Crippen MR) is 65.5 cm³/mol. The molecule has 4 nitrogen and oxygen atoms in total. The first-order chi connectivity index (χ1) is 8.58. The molecule has 1 aromatic heterocycles. The zero-order valence-electron chi connectivity index (χ0n) is 10.3. The molecule has 0 unspecified atom stereocenters. The average Bonchev–Trinajstić information content (AvgIpc) is 2.68. The second-order valence-electron chi connectivity index (χ2n) is 4.07. The number of hydrogen-bond donors (Lipinski definition) is 1. The minimum Gasteiger partial charge on any atom is -0.346 e. The van der Waals surface area contributed by atoms with E-state index in [1.54, 1.807) is 36.0 Å². The summed E-state index contributed by atoms with van der Waals surface area (Å²) in [5, 5.41) is 6.70. The van der Waals surface area contributed by atoms with Crippen LogP contribution in [-0.2, 0) is 13.6 Å². The highest BCUT2D eigenvalue weighted by Gasteiger charge is 2.11. The van der Waals surface area contributed by atoms with Crippen molar-refractivity contribution in [3.63, 3.8) is 0 Å². The first kappa shape index (κ1) is 12.3. The van der Waals surface area contributed by atoms with Gasteiger partial charge in [0.1, 0.15) is 11.5 Å². The largest absolute Gasteiger partial charge is 0.346 e. The van der Waals surface area contributed by atoms with E-state index in [1.165, 1.54) is 6.07 Å². The Bertz CT molecular complexity index is 558. The van der Waals surface area contributed by atoms with Gasteiger partial charge in [0.25, 0.3) is 5.91 Å². The van der Waals surface area contributed by atoms with Crippen LogP contribution >= 0.6 is 0 Å². The second kappa shape index (κ2) is 5.00. The molecule has 0 fully saturated rings. The van der Waals surface area contributed by atoms with E-state index in [0.29, 0.717) is 11.3 Å². The topological polar surface area (TPSA) is 46.9 Å². The number of benzene rings is 1. The molecule has 5 heteroatoms. The van der Waals surface area contributed by atoms with Gasteiger partial charge in [-0.15, -0.1) is 0 Å². The van der Waals surface area contributed by atoms with Crippen LogP contribution in [0.1, 0.15) is 21.7 Å². The van der Waals surface area contributed by atoms with E-state index in [-0.39, 0.29) is 18.3 Å². The maximum Gasteiger partial charge on any atom is 0.272 e. The van der Waals surface area contributed by atoms with Gasteiger partial charge >= 0.3 is 0 Å². The smallest absolute Gasteiger partial charge is 0.272 e. The first-order valence-corrected chi connectivity index (χ1v) is 5.60. The summed E-state index contributed by atoms with van der Waals surface area (Å²) in [6, 6.07) is 8.04. The fourth-order valence-corrected chi connectivity index (χ4v) is 1.58. The normalized spacial score (nSPS) is 10.4. The number of carbonyl (C=O) groups is 1. The Labute approximate surface area is 104 Å². The van der Waals surface area contributed by atoms with Crippen LogP contribution in [0, 0.1) is 12.7 Å². The third-order valence-corrected chi connectivity index (χ3v) is 2.74. The van der Waals surface area contributed by atoms with E-state index >= 15 is 0 Å². The number of carbonyl (C=O) groups excluding carboxylic acids is 1. The first-order valence-electron chi connectivity index (χ1n) is 5.60. The van der Waals surface area contributed by atoms with E-state index < -0.39 is 0 Å². The van der Waals surface area contributed by atoms with Crippen LogP contribution in [-0.4, -0.2) is 15.7 Å². The number of nitrogens with zero attached hydrogens (tertiary/aromatic N) is 2. The van der Waals surface area contributed by atoms with E-state index in [4.69, 9.17) is 0 Å². The zero-order chi connectivity index (χ0) is 13.1. The van der Waals surface area contributed by atoms with Crippen molar-refractivity contribution in [2.75, 3.05) is 0 Å². The van der Waals surface area contributed by atoms with E-state index in [0.717, 1.165) is 5.69 Å². The van der Waals surface area contributed by atoms with Gasteiger partial charge in [-0.3, -0.25) is 9.48 Å². The summed E-state index contributed by atoms with van der Waals surface area (Å²) in [4.78, 5) is 11.8. The molecule has 1 heterocycles. The fourth-order valence-electron chi connectivity index (χ4n) is 1.58. The highest BCUT2D eigenvalue weighted by molar-refractivity contribution is 5.92. The van der Waals surface area contributed by atoms with E-state index in [2.05, 4.69) is 10.4 Å². The molecular weight excluding hydrogens is 233 g/mol. The maximum absolute atomic E-state index is 13.3. The summed E-state index contributed by atoms with van der Waals surface area (Å²) in [6.45, 7) is 2.02. The summed E-state index contributed by atoms with van der Waals surface area (Å²) >= 11 is 0. The van der Waals surface area contributed by atoms with Crippen LogP contribution in [0.15, 0.2) is 30.3 Å². The standard InChI is InChI=1S/C13H14FN3O/c1-9-7-12(16-17(9)2)13(18)15-8-10-5-3-4-6-11(10)14/h3-7H,8H2,1-2H3,(H,15,18). The molecule has 1 aromatic carbocycles. The summed E-state index contributed by atoms with van der Waals surface area (Å²) in [5.74, 6) is -0.628. The number of rotatable bonds is 3. The number of aromatic nitrogens is 2. The van der Waals surface area contributed by atoms with Gasteiger partial charge in [-0.05, 0) is 19.1 Å². The molecule has 0 spiro atoms. The van der Waals surface area contributed by atoms with Gasteiger partial charge in [0.2, 0.25) is 0 Å². The quantitative estimate of drug-likeness (QED) is 0.899. The Hall–Kier alpha value is -2.17. The van der Waals surface area contributed by atoms with Crippen LogP contribution in [0.5, 0.6) is 0 Å². The van der Waals surface area contributed by atoms with Gasteiger partial charge in [-0.1, -0.05) is 18.2 Å². The highest BCUT2D eigenvalue weighted by atomic mass is 19.1. The monoisotopic (exact) mass is 247 g/mol. The molecule has 0 aliphatic rings. The summed E-state index contributed by atoms with van der Waals surface area (Å²) in [6.07, 6.45) is 0. The Kier molecular flexibility index (Phi) is 3.41. The molecule has 0 aliphatic carbocycles. The third kappa shape index (κ3) is 2.56. The third-order valence-electron chi connectivity index (χ3n) is 2.74. The van der Waals surface area contributed by atoms with Crippen LogP contribution in [0.3, 0.4) is 0 Å². The number of nitrogens with one attached hydrogen (secondary N) is 1. The van der Waals surface area contributed by atoms with Crippen molar-refractivity contribution in [1.82, 2.24) is 15.1 Å². The Balaban J connectivity index is 2.03. The van der Waals surface area contributed by atoms with Gasteiger partial charge in [0, 0.05) is 24.8 Å². The molecular formula is C13H14FN3O. The average molecular weight is 247 g/mol. The molecule has 2 aromatic rings. The van der Waals surface area contributed by atoms with Crippen molar-refractivity contribution in [3.05, 3.63) is 53.1 Å². The van der Waals surface area contributed by atoms with Gasteiger partial charge in [-0.2, -0.15) is 5.10 Å². The number of halogens is 1. The molecule has 0 saturated carbocycles. The summed E-state index contributed by atoms with van der Waals surface area (Å²) < 4.78 is 15.0. The van der Waals surface area contributed by atoms with Gasteiger partial charge < -0.3 is 5.32 Å². The molecule has 0 bridgehead atoms. The molecule has 0 atom stereocenters. The maximum atomic E-state index is 13.3. The van der Waals surface area contributed by atoms with E-state index in [1.807, 2.05) is 6.92 Å². The second-order valence-corrected chi connectivity index (χ2v) is 4.07. The molecule has 0 saturated heterocycles. The van der Waals surface area contributed by atoms with Crippen molar-refractivity contribution in [1.29, 1.82) is 0 Å². The molecule has 1 N–H and O–H groups in total. The molecule has 0 radical (unpaired) electrons. The Morgan fingerprint density at radius 2 is 2.17 bits per heavy atom.